The van der Waals surface area contributed by atoms with Crippen molar-refractivity contribution in [1.82, 2.24) is 4.90 Å². The number of anilines is 1. The van der Waals surface area contributed by atoms with Gasteiger partial charge in [-0.05, 0) is 43.2 Å². The molecule has 1 fully saturated rings. The van der Waals surface area contributed by atoms with Gasteiger partial charge in [-0.3, -0.25) is 19.7 Å². The molecule has 34 heavy (non-hydrogen) atoms. The zero-order valence-corrected chi connectivity index (χ0v) is 19.0. The van der Waals surface area contributed by atoms with E-state index in [0.29, 0.717) is 35.7 Å². The Bertz CT molecular complexity index is 1210. The van der Waals surface area contributed by atoms with E-state index in [2.05, 4.69) is 5.32 Å². The molecule has 0 aromatic heterocycles. The number of non-ortho nitro benzene ring substituents is 1. The summed E-state index contributed by atoms with van der Waals surface area (Å²) in [5.41, 5.74) is 0.658. The summed E-state index contributed by atoms with van der Waals surface area (Å²) in [6, 6.07) is 19.4. The zero-order chi connectivity index (χ0) is 24.1. The molecule has 0 atom stereocenters. The van der Waals surface area contributed by atoms with Crippen molar-refractivity contribution in [1.29, 1.82) is 0 Å². The number of likely N-dealkylation sites (tertiary alicyclic amines) is 1. The smallest absolute Gasteiger partial charge is 0.270 e. The van der Waals surface area contributed by atoms with Crippen molar-refractivity contribution in [3.8, 4) is 0 Å². The molecule has 0 spiro atoms. The average molecular weight is 480 g/mol. The van der Waals surface area contributed by atoms with E-state index in [-0.39, 0.29) is 29.0 Å². The summed E-state index contributed by atoms with van der Waals surface area (Å²) < 4.78 is 14.2. The van der Waals surface area contributed by atoms with Gasteiger partial charge in [0.05, 0.1) is 10.5 Å². The summed E-state index contributed by atoms with van der Waals surface area (Å²) in [5, 5.41) is 14.2. The second-order valence-corrected chi connectivity index (χ2v) is 8.98. The molecule has 1 aliphatic heterocycles. The minimum atomic E-state index is -0.561. The fourth-order valence-corrected chi connectivity index (χ4v) is 4.76. The predicted octanol–water partition coefficient (Wildman–Crippen LogP) is 5.38. The van der Waals surface area contributed by atoms with Gasteiger partial charge in [-0.15, -0.1) is 0 Å². The molecule has 0 saturated carbocycles. The van der Waals surface area contributed by atoms with Crippen LogP contribution >= 0.6 is 11.8 Å². The number of hydrogen-bond acceptors (Lipinski definition) is 5. The molecule has 1 N–H and O–H groups in total. The summed E-state index contributed by atoms with van der Waals surface area (Å²) >= 11 is 1.05. The van der Waals surface area contributed by atoms with E-state index < -0.39 is 10.7 Å². The summed E-state index contributed by atoms with van der Waals surface area (Å²) in [4.78, 5) is 39.0. The first kappa shape index (κ1) is 23.4. The molecule has 1 aliphatic rings. The van der Waals surface area contributed by atoms with Crippen molar-refractivity contribution < 1.29 is 18.9 Å². The van der Waals surface area contributed by atoms with Crippen LogP contribution < -0.4 is 5.32 Å². The number of hydrogen-bond donors (Lipinski definition) is 1. The third-order valence-electron chi connectivity index (χ3n) is 5.66. The summed E-state index contributed by atoms with van der Waals surface area (Å²) in [6.45, 7) is 0.691. The van der Waals surface area contributed by atoms with Crippen LogP contribution in [0, 0.1) is 21.8 Å². The number of nitro groups is 1. The van der Waals surface area contributed by atoms with Gasteiger partial charge in [0.1, 0.15) is 5.82 Å². The van der Waals surface area contributed by atoms with Crippen LogP contribution in [0.2, 0.25) is 0 Å². The van der Waals surface area contributed by atoms with Crippen molar-refractivity contribution in [2.24, 2.45) is 5.92 Å². The van der Waals surface area contributed by atoms with Gasteiger partial charge in [-0.25, -0.2) is 4.39 Å². The number of carbonyl (C=O) groups is 2. The Morgan fingerprint density at radius 1 is 0.971 bits per heavy atom. The number of nitrogens with one attached hydrogen (secondary N) is 1. The van der Waals surface area contributed by atoms with Crippen molar-refractivity contribution in [2.75, 3.05) is 18.4 Å². The quantitative estimate of drug-likeness (QED) is 0.379. The highest BCUT2D eigenvalue weighted by atomic mass is 32.2. The van der Waals surface area contributed by atoms with Gasteiger partial charge >= 0.3 is 0 Å². The maximum Gasteiger partial charge on any atom is 0.270 e. The van der Waals surface area contributed by atoms with Crippen LogP contribution in [0.1, 0.15) is 23.2 Å². The highest BCUT2D eigenvalue weighted by Gasteiger charge is 2.30. The molecule has 3 aromatic carbocycles. The number of nitro benzene ring substituents is 1. The second-order valence-electron chi connectivity index (χ2n) is 7.89. The van der Waals surface area contributed by atoms with E-state index >= 15 is 0 Å². The van der Waals surface area contributed by atoms with Crippen molar-refractivity contribution in [3.05, 3.63) is 94.3 Å². The lowest BCUT2D eigenvalue weighted by Crippen LogP contribution is -2.41. The highest BCUT2D eigenvalue weighted by molar-refractivity contribution is 7.99. The Hall–Kier alpha value is -3.72. The third-order valence-corrected chi connectivity index (χ3v) is 6.78. The van der Waals surface area contributed by atoms with Gasteiger partial charge in [-0.1, -0.05) is 42.1 Å². The molecule has 0 unspecified atom stereocenters. The number of carbonyl (C=O) groups excluding carboxylic acids is 2. The van der Waals surface area contributed by atoms with Crippen molar-refractivity contribution in [2.45, 2.75) is 22.6 Å². The standard InChI is InChI=1S/C25H22FN3O4S/c26-21-8-4-5-9-23(21)34-22-11-10-19(29(32)33)16-20(22)25(31)28-14-12-17(13-15-28)24(30)27-18-6-2-1-3-7-18/h1-11,16-17H,12-15H2,(H,27,30). The Balaban J connectivity index is 1.48. The largest absolute Gasteiger partial charge is 0.339 e. The lowest BCUT2D eigenvalue weighted by molar-refractivity contribution is -0.384. The van der Waals surface area contributed by atoms with Crippen molar-refractivity contribution in [3.63, 3.8) is 0 Å². The summed E-state index contributed by atoms with van der Waals surface area (Å²) in [7, 11) is 0. The van der Waals surface area contributed by atoms with Gasteiger partial charge in [0.2, 0.25) is 5.91 Å². The molecular formula is C25H22FN3O4S. The van der Waals surface area contributed by atoms with Gasteiger partial charge in [-0.2, -0.15) is 0 Å². The van der Waals surface area contributed by atoms with Crippen LogP contribution in [-0.2, 0) is 4.79 Å². The molecule has 0 bridgehead atoms. The number of rotatable bonds is 6. The Labute approximate surface area is 200 Å². The zero-order valence-electron chi connectivity index (χ0n) is 18.1. The number of benzene rings is 3. The maximum absolute atomic E-state index is 14.2. The minimum Gasteiger partial charge on any atom is -0.339 e. The Morgan fingerprint density at radius 3 is 2.32 bits per heavy atom. The first-order valence-corrected chi connectivity index (χ1v) is 11.6. The van der Waals surface area contributed by atoms with Crippen LogP contribution in [0.25, 0.3) is 0 Å². The highest BCUT2D eigenvalue weighted by Crippen LogP contribution is 2.35. The lowest BCUT2D eigenvalue weighted by atomic mass is 9.95. The molecule has 7 nitrogen and oxygen atoms in total. The molecule has 1 heterocycles. The molecule has 1 saturated heterocycles. The number of piperidine rings is 1. The summed E-state index contributed by atoms with van der Waals surface area (Å²) in [5.74, 6) is -1.13. The first-order valence-electron chi connectivity index (χ1n) is 10.8. The molecular weight excluding hydrogens is 457 g/mol. The minimum absolute atomic E-state index is 0.0931. The van der Waals surface area contributed by atoms with Gasteiger partial charge < -0.3 is 10.2 Å². The number of nitrogens with zero attached hydrogens (tertiary/aromatic N) is 2. The molecule has 2 amide bonds. The van der Waals surface area contributed by atoms with Gasteiger partial charge in [0.25, 0.3) is 11.6 Å². The Morgan fingerprint density at radius 2 is 1.65 bits per heavy atom. The molecule has 9 heteroatoms. The second kappa shape index (κ2) is 10.5. The molecule has 0 aliphatic carbocycles. The van der Waals surface area contributed by atoms with Crippen LogP contribution in [0.3, 0.4) is 0 Å². The monoisotopic (exact) mass is 479 g/mol. The third kappa shape index (κ3) is 5.43. The van der Waals surface area contributed by atoms with E-state index in [1.54, 1.807) is 23.1 Å². The normalized spacial score (nSPS) is 14.0. The maximum atomic E-state index is 14.2. The van der Waals surface area contributed by atoms with Crippen LogP contribution in [-0.4, -0.2) is 34.7 Å². The van der Waals surface area contributed by atoms with Crippen LogP contribution in [0.4, 0.5) is 15.8 Å². The fraction of sp³-hybridized carbons (Fsp3) is 0.200. The SMILES string of the molecule is O=C(Nc1ccccc1)C1CCN(C(=O)c2cc([N+](=O)[O-])ccc2Sc2ccccc2F)CC1. The van der Waals surface area contributed by atoms with Gasteiger partial charge in [0, 0.05) is 46.6 Å². The molecule has 4 rings (SSSR count). The Kier molecular flexibility index (Phi) is 7.22. The number of para-hydroxylation sites is 1. The number of amides is 2. The lowest BCUT2D eigenvalue weighted by Gasteiger charge is -2.31. The van der Waals surface area contributed by atoms with E-state index in [1.165, 1.54) is 24.3 Å². The van der Waals surface area contributed by atoms with E-state index in [0.717, 1.165) is 17.4 Å². The first-order chi connectivity index (χ1) is 16.4. The summed E-state index contributed by atoms with van der Waals surface area (Å²) in [6.07, 6.45) is 0.963. The topological polar surface area (TPSA) is 92.6 Å². The average Bonchev–Trinajstić information content (AvgIpc) is 2.86. The van der Waals surface area contributed by atoms with Gasteiger partial charge in [0.15, 0.2) is 0 Å². The molecule has 0 radical (unpaired) electrons. The molecule has 174 valence electrons. The molecule has 3 aromatic rings. The van der Waals surface area contributed by atoms with Crippen molar-refractivity contribution >= 4 is 35.0 Å². The van der Waals surface area contributed by atoms with Crippen LogP contribution in [0.15, 0.2) is 82.6 Å². The fourth-order valence-electron chi connectivity index (χ4n) is 3.81. The van der Waals surface area contributed by atoms with Crippen LogP contribution in [0.5, 0.6) is 0 Å². The van der Waals surface area contributed by atoms with E-state index in [4.69, 9.17) is 0 Å². The number of halogens is 1. The van der Waals surface area contributed by atoms with E-state index in [1.807, 2.05) is 30.3 Å². The van der Waals surface area contributed by atoms with E-state index in [9.17, 15) is 24.1 Å². The predicted molar refractivity (Wildman–Crippen MR) is 127 cm³/mol.